The number of halogens is 4. The maximum Gasteiger partial charge on any atom is 0.201 e. The summed E-state index contributed by atoms with van der Waals surface area (Å²) in [5.74, 6) is -5.76. The Morgan fingerprint density at radius 2 is 1.56 bits per heavy atom. The van der Waals surface area contributed by atoms with Crippen LogP contribution in [0, 0.1) is 23.3 Å². The third-order valence-electron chi connectivity index (χ3n) is 4.30. The van der Waals surface area contributed by atoms with Gasteiger partial charge in [0.15, 0.2) is 29.5 Å². The molecule has 0 saturated carbocycles. The van der Waals surface area contributed by atoms with Crippen LogP contribution in [0.2, 0.25) is 0 Å². The second-order valence-corrected chi connectivity index (χ2v) is 5.97. The molecule has 0 aromatic heterocycles. The van der Waals surface area contributed by atoms with Gasteiger partial charge in [-0.15, -0.1) is 0 Å². The number of hydrogen-bond donors (Lipinski definition) is 0. The van der Waals surface area contributed by atoms with E-state index < -0.39 is 35.5 Å². The number of hydrogen-bond acceptors (Lipinski definition) is 3. The Hall–Kier alpha value is -2.38. The van der Waals surface area contributed by atoms with Crippen LogP contribution in [0.1, 0.15) is 18.4 Å². The monoisotopic (exact) mass is 382 g/mol. The molecule has 3 rings (SSSR count). The van der Waals surface area contributed by atoms with Crippen molar-refractivity contribution in [1.29, 1.82) is 0 Å². The van der Waals surface area contributed by atoms with Crippen molar-refractivity contribution in [1.82, 2.24) is 0 Å². The lowest BCUT2D eigenvalue weighted by Gasteiger charge is -2.28. The Morgan fingerprint density at radius 3 is 2.15 bits per heavy atom. The molecule has 1 heterocycles. The van der Waals surface area contributed by atoms with E-state index in [-0.39, 0.29) is 42.3 Å². The van der Waals surface area contributed by atoms with Crippen LogP contribution in [0.25, 0.3) is 11.1 Å². The molecule has 1 fully saturated rings. The maximum atomic E-state index is 14.6. The molecule has 1 saturated heterocycles. The highest BCUT2D eigenvalue weighted by Gasteiger charge is 2.27. The van der Waals surface area contributed by atoms with Crippen molar-refractivity contribution in [3.63, 3.8) is 0 Å². The van der Waals surface area contributed by atoms with E-state index in [1.165, 1.54) is 24.3 Å². The zero-order valence-corrected chi connectivity index (χ0v) is 14.6. The summed E-state index contributed by atoms with van der Waals surface area (Å²) in [4.78, 5) is 0. The summed E-state index contributed by atoms with van der Waals surface area (Å²) in [5.41, 5.74) is -0.718. The predicted molar refractivity (Wildman–Crippen MR) is 91.5 cm³/mol. The van der Waals surface area contributed by atoms with E-state index in [4.69, 9.17) is 14.2 Å². The summed E-state index contributed by atoms with van der Waals surface area (Å²) in [6.45, 7) is 5.54. The highest BCUT2D eigenvalue weighted by molar-refractivity contribution is 5.66. The van der Waals surface area contributed by atoms with Crippen molar-refractivity contribution < 1.29 is 31.8 Å². The van der Waals surface area contributed by atoms with Gasteiger partial charge in [-0.1, -0.05) is 18.7 Å². The van der Waals surface area contributed by atoms with Gasteiger partial charge in [-0.3, -0.25) is 0 Å². The van der Waals surface area contributed by atoms with Crippen LogP contribution in [0.5, 0.6) is 5.75 Å². The van der Waals surface area contributed by atoms with E-state index in [0.717, 1.165) is 6.07 Å². The van der Waals surface area contributed by atoms with Gasteiger partial charge in [0.25, 0.3) is 0 Å². The molecule has 2 aromatic carbocycles. The zero-order chi connectivity index (χ0) is 19.6. The average molecular weight is 382 g/mol. The van der Waals surface area contributed by atoms with Crippen LogP contribution in [0.3, 0.4) is 0 Å². The Labute approximate surface area is 154 Å². The molecule has 3 nitrogen and oxygen atoms in total. The Kier molecular flexibility index (Phi) is 5.82. The highest BCUT2D eigenvalue weighted by atomic mass is 19.2. The summed E-state index contributed by atoms with van der Waals surface area (Å²) < 4.78 is 73.2. The maximum absolute atomic E-state index is 14.6. The lowest BCUT2D eigenvalue weighted by molar-refractivity contribution is -0.159. The van der Waals surface area contributed by atoms with Gasteiger partial charge < -0.3 is 14.2 Å². The second kappa shape index (κ2) is 8.10. The van der Waals surface area contributed by atoms with E-state index in [0.29, 0.717) is 0 Å². The quantitative estimate of drug-likeness (QED) is 0.541. The lowest BCUT2D eigenvalue weighted by atomic mass is 9.95. The molecule has 1 aliphatic rings. The average Bonchev–Trinajstić information content (AvgIpc) is 2.68. The third kappa shape index (κ3) is 3.70. The van der Waals surface area contributed by atoms with E-state index in [1.54, 1.807) is 6.92 Å². The summed E-state index contributed by atoms with van der Waals surface area (Å²) in [6, 6.07) is 4.88. The van der Waals surface area contributed by atoms with Gasteiger partial charge in [-0.2, -0.15) is 4.39 Å². The van der Waals surface area contributed by atoms with Gasteiger partial charge in [0, 0.05) is 17.0 Å². The SMILES string of the molecule is C=CC1OCC(c2ccc(-c3ccc(OCC)c(F)c3F)c(F)c2F)CO1. The molecule has 144 valence electrons. The molecule has 0 atom stereocenters. The molecule has 0 radical (unpaired) electrons. The zero-order valence-electron chi connectivity index (χ0n) is 14.6. The molecular weight excluding hydrogens is 364 g/mol. The molecule has 0 amide bonds. The summed E-state index contributed by atoms with van der Waals surface area (Å²) >= 11 is 0. The molecule has 27 heavy (non-hydrogen) atoms. The van der Waals surface area contributed by atoms with Crippen LogP contribution in [-0.2, 0) is 9.47 Å². The summed E-state index contributed by atoms with van der Waals surface area (Å²) in [7, 11) is 0. The van der Waals surface area contributed by atoms with Gasteiger partial charge in [0.2, 0.25) is 5.82 Å². The van der Waals surface area contributed by atoms with Crippen molar-refractivity contribution in [3.05, 3.63) is 65.8 Å². The van der Waals surface area contributed by atoms with Crippen LogP contribution < -0.4 is 4.74 Å². The molecule has 0 bridgehead atoms. The fourth-order valence-electron chi connectivity index (χ4n) is 2.93. The van der Waals surface area contributed by atoms with Crippen molar-refractivity contribution >= 4 is 0 Å². The molecule has 7 heteroatoms. The first-order valence-corrected chi connectivity index (χ1v) is 8.42. The first-order chi connectivity index (χ1) is 13.0. The Balaban J connectivity index is 1.94. The second-order valence-electron chi connectivity index (χ2n) is 5.97. The van der Waals surface area contributed by atoms with E-state index >= 15 is 0 Å². The van der Waals surface area contributed by atoms with Crippen LogP contribution in [0.4, 0.5) is 17.6 Å². The third-order valence-corrected chi connectivity index (χ3v) is 4.30. The molecule has 0 spiro atoms. The van der Waals surface area contributed by atoms with Crippen LogP contribution in [-0.4, -0.2) is 26.1 Å². The first kappa shape index (κ1) is 19.4. The van der Waals surface area contributed by atoms with Crippen molar-refractivity contribution in [2.75, 3.05) is 19.8 Å². The molecular formula is C20H18F4O3. The first-order valence-electron chi connectivity index (χ1n) is 8.42. The van der Waals surface area contributed by atoms with Gasteiger partial charge in [0.1, 0.15) is 0 Å². The van der Waals surface area contributed by atoms with Crippen LogP contribution >= 0.6 is 0 Å². The van der Waals surface area contributed by atoms with Gasteiger partial charge in [-0.25, -0.2) is 13.2 Å². The number of rotatable bonds is 5. The van der Waals surface area contributed by atoms with Crippen LogP contribution in [0.15, 0.2) is 36.9 Å². The minimum Gasteiger partial charge on any atom is -0.491 e. The van der Waals surface area contributed by atoms with Crippen molar-refractivity contribution in [2.24, 2.45) is 0 Å². The standard InChI is InChI=1S/C20H18F4O3/c1-3-16-26-9-11(10-27-16)12-5-6-13(18(22)17(12)21)14-7-8-15(25-4-2)20(24)19(14)23/h3,5-8,11,16H,1,4,9-10H2,2H3. The molecule has 1 aliphatic heterocycles. The fraction of sp³-hybridized carbons (Fsp3) is 0.300. The van der Waals surface area contributed by atoms with E-state index in [1.807, 2.05) is 0 Å². The molecule has 0 aliphatic carbocycles. The topological polar surface area (TPSA) is 27.7 Å². The van der Waals surface area contributed by atoms with Gasteiger partial charge >= 0.3 is 0 Å². The Bertz CT molecular complexity index is 846. The minimum atomic E-state index is -1.30. The normalized spacial score (nSPS) is 19.7. The highest BCUT2D eigenvalue weighted by Crippen LogP contribution is 2.35. The minimum absolute atomic E-state index is 0.0468. The van der Waals surface area contributed by atoms with Crippen molar-refractivity contribution in [3.8, 4) is 16.9 Å². The fourth-order valence-corrected chi connectivity index (χ4v) is 2.93. The number of ether oxygens (including phenoxy) is 3. The van der Waals surface area contributed by atoms with E-state index in [9.17, 15) is 17.6 Å². The Morgan fingerprint density at radius 1 is 0.963 bits per heavy atom. The van der Waals surface area contributed by atoms with Gasteiger partial charge in [0.05, 0.1) is 19.8 Å². The predicted octanol–water partition coefficient (Wildman–Crippen LogP) is 4.95. The van der Waals surface area contributed by atoms with Gasteiger partial charge in [-0.05, 0) is 30.7 Å². The molecule has 2 aromatic rings. The lowest BCUT2D eigenvalue weighted by Crippen LogP contribution is -2.30. The molecule has 0 N–H and O–H groups in total. The number of benzene rings is 2. The molecule has 0 unspecified atom stereocenters. The smallest absolute Gasteiger partial charge is 0.201 e. The summed E-state index contributed by atoms with van der Waals surface area (Å²) in [6.07, 6.45) is 0.869. The van der Waals surface area contributed by atoms with E-state index in [2.05, 4.69) is 6.58 Å². The summed E-state index contributed by atoms with van der Waals surface area (Å²) in [5, 5.41) is 0. The van der Waals surface area contributed by atoms with Crippen molar-refractivity contribution in [2.45, 2.75) is 19.1 Å². The largest absolute Gasteiger partial charge is 0.491 e.